The Kier molecular flexibility index (Phi) is 5.90. The molecule has 2 rings (SSSR count). The second-order valence-electron chi connectivity index (χ2n) is 5.05. The fraction of sp³-hybridized carbons (Fsp3) is 0.222. The highest BCUT2D eigenvalue weighted by atomic mass is 35.5. The molecule has 1 aromatic heterocycles. The maximum absolute atomic E-state index is 12.3. The number of carbonyl (C=O) groups is 2. The summed E-state index contributed by atoms with van der Waals surface area (Å²) < 4.78 is 6.75. The summed E-state index contributed by atoms with van der Waals surface area (Å²) >= 11 is 5.45. The molecule has 1 heterocycles. The average molecular weight is 332 g/mol. The minimum absolute atomic E-state index is 0.316. The van der Waals surface area contributed by atoms with Crippen LogP contribution in [0.4, 0.5) is 0 Å². The molecule has 0 aliphatic rings. The third-order valence-electron chi connectivity index (χ3n) is 3.50. The molecular formula is C18H18ClNO3. The SMILES string of the molecule is COC/C=C/Cn1c(C)cc(-c2ccccc2)c1C(=O)C(=O)Cl. The van der Waals surface area contributed by atoms with E-state index in [0.717, 1.165) is 11.3 Å². The van der Waals surface area contributed by atoms with Crippen LogP contribution >= 0.6 is 11.6 Å². The average Bonchev–Trinajstić information content (AvgIpc) is 2.88. The largest absolute Gasteiger partial charge is 0.381 e. The van der Waals surface area contributed by atoms with Crippen LogP contribution < -0.4 is 0 Å². The summed E-state index contributed by atoms with van der Waals surface area (Å²) in [4.78, 5) is 23.7. The molecule has 0 amide bonds. The van der Waals surface area contributed by atoms with Crippen molar-refractivity contribution in [2.45, 2.75) is 13.5 Å². The first-order chi connectivity index (χ1) is 11.1. The van der Waals surface area contributed by atoms with Crippen molar-refractivity contribution < 1.29 is 14.3 Å². The molecule has 0 N–H and O–H groups in total. The van der Waals surface area contributed by atoms with Crippen LogP contribution in [0.5, 0.6) is 0 Å². The van der Waals surface area contributed by atoms with Crippen molar-refractivity contribution in [1.82, 2.24) is 4.57 Å². The molecule has 0 saturated heterocycles. The number of hydrogen-bond donors (Lipinski definition) is 0. The van der Waals surface area contributed by atoms with Gasteiger partial charge in [0.1, 0.15) is 5.69 Å². The number of ether oxygens (including phenoxy) is 1. The zero-order chi connectivity index (χ0) is 16.8. The Morgan fingerprint density at radius 3 is 2.52 bits per heavy atom. The standard InChI is InChI=1S/C18H18ClNO3/c1-13-12-15(14-8-4-3-5-9-14)16(17(21)18(19)22)20(13)10-6-7-11-23-2/h3-9,12H,10-11H2,1-2H3/b7-6+. The fourth-order valence-corrected chi connectivity index (χ4v) is 2.52. The minimum Gasteiger partial charge on any atom is -0.381 e. The number of nitrogens with zero attached hydrogens (tertiary/aromatic N) is 1. The number of rotatable bonds is 7. The van der Waals surface area contributed by atoms with Crippen molar-refractivity contribution in [1.29, 1.82) is 0 Å². The molecule has 0 atom stereocenters. The molecule has 1 aromatic carbocycles. The number of ketones is 1. The zero-order valence-electron chi connectivity index (χ0n) is 13.1. The molecule has 0 aliphatic carbocycles. The van der Waals surface area contributed by atoms with Gasteiger partial charge in [0.25, 0.3) is 11.0 Å². The number of carbonyl (C=O) groups excluding carboxylic acids is 2. The van der Waals surface area contributed by atoms with Gasteiger partial charge in [0, 0.05) is 24.9 Å². The Morgan fingerprint density at radius 1 is 1.22 bits per heavy atom. The lowest BCUT2D eigenvalue weighted by Gasteiger charge is -2.09. The molecule has 0 fully saturated rings. The Hall–Kier alpha value is -2.17. The van der Waals surface area contributed by atoms with Crippen LogP contribution in [0.1, 0.15) is 16.2 Å². The van der Waals surface area contributed by atoms with Crippen molar-refractivity contribution in [3.8, 4) is 11.1 Å². The van der Waals surface area contributed by atoms with Gasteiger partial charge >= 0.3 is 0 Å². The van der Waals surface area contributed by atoms with Crippen LogP contribution in [0.25, 0.3) is 11.1 Å². The number of aryl methyl sites for hydroxylation is 1. The maximum Gasteiger partial charge on any atom is 0.294 e. The first-order valence-corrected chi connectivity index (χ1v) is 7.57. The smallest absolute Gasteiger partial charge is 0.294 e. The monoisotopic (exact) mass is 331 g/mol. The van der Waals surface area contributed by atoms with Gasteiger partial charge in [-0.1, -0.05) is 42.5 Å². The molecule has 4 nitrogen and oxygen atoms in total. The van der Waals surface area contributed by atoms with Crippen LogP contribution in [0, 0.1) is 6.92 Å². The Balaban J connectivity index is 2.51. The van der Waals surface area contributed by atoms with Gasteiger partial charge in [-0.2, -0.15) is 0 Å². The quantitative estimate of drug-likeness (QED) is 0.337. The molecular weight excluding hydrogens is 314 g/mol. The summed E-state index contributed by atoms with van der Waals surface area (Å²) in [5.74, 6) is -0.696. The predicted molar refractivity (Wildman–Crippen MR) is 90.8 cm³/mol. The lowest BCUT2D eigenvalue weighted by Crippen LogP contribution is -2.15. The second kappa shape index (κ2) is 7.90. The normalized spacial score (nSPS) is 11.1. The van der Waals surface area contributed by atoms with E-state index in [0.29, 0.717) is 24.4 Å². The van der Waals surface area contributed by atoms with E-state index in [1.165, 1.54) is 0 Å². The van der Waals surface area contributed by atoms with Gasteiger partial charge in [-0.3, -0.25) is 9.59 Å². The third-order valence-corrected chi connectivity index (χ3v) is 3.67. The van der Waals surface area contributed by atoms with E-state index in [2.05, 4.69) is 0 Å². The molecule has 0 unspecified atom stereocenters. The van der Waals surface area contributed by atoms with E-state index in [1.54, 1.807) is 11.7 Å². The van der Waals surface area contributed by atoms with Crippen molar-refractivity contribution in [2.24, 2.45) is 0 Å². The number of benzene rings is 1. The van der Waals surface area contributed by atoms with Crippen molar-refractivity contribution in [3.05, 3.63) is 59.9 Å². The first kappa shape index (κ1) is 17.2. The summed E-state index contributed by atoms with van der Waals surface area (Å²) in [7, 11) is 1.61. The zero-order valence-corrected chi connectivity index (χ0v) is 13.8. The molecule has 0 bridgehead atoms. The van der Waals surface area contributed by atoms with Gasteiger partial charge in [0.2, 0.25) is 0 Å². The summed E-state index contributed by atoms with van der Waals surface area (Å²) in [6.07, 6.45) is 3.75. The van der Waals surface area contributed by atoms with E-state index >= 15 is 0 Å². The Labute approximate surface area is 140 Å². The molecule has 0 spiro atoms. The summed E-state index contributed by atoms with van der Waals surface area (Å²) in [6.45, 7) is 2.85. The molecule has 23 heavy (non-hydrogen) atoms. The van der Waals surface area contributed by atoms with Gasteiger partial charge in [-0.15, -0.1) is 0 Å². The Morgan fingerprint density at radius 2 is 1.91 bits per heavy atom. The first-order valence-electron chi connectivity index (χ1n) is 7.20. The third kappa shape index (κ3) is 3.97. The van der Waals surface area contributed by atoms with Crippen molar-refractivity contribution in [3.63, 3.8) is 0 Å². The van der Waals surface area contributed by atoms with E-state index in [-0.39, 0.29) is 0 Å². The van der Waals surface area contributed by atoms with Crippen LogP contribution in [0.2, 0.25) is 0 Å². The maximum atomic E-state index is 12.3. The topological polar surface area (TPSA) is 48.3 Å². The number of halogens is 1. The Bertz CT molecular complexity index is 732. The summed E-state index contributed by atoms with van der Waals surface area (Å²) in [5, 5.41) is -0.984. The number of Topliss-reactive ketones (excluding diaryl/α,β-unsaturated/α-hetero) is 1. The van der Waals surface area contributed by atoms with E-state index in [1.807, 2.05) is 55.5 Å². The lowest BCUT2D eigenvalue weighted by atomic mass is 10.0. The van der Waals surface area contributed by atoms with Crippen LogP contribution in [0.15, 0.2) is 48.6 Å². The number of methoxy groups -OCH3 is 1. The van der Waals surface area contributed by atoms with Gasteiger partial charge in [-0.05, 0) is 30.2 Å². The second-order valence-corrected chi connectivity index (χ2v) is 5.40. The highest BCUT2D eigenvalue weighted by Gasteiger charge is 2.24. The van der Waals surface area contributed by atoms with Gasteiger partial charge in [-0.25, -0.2) is 0 Å². The number of hydrogen-bond acceptors (Lipinski definition) is 3. The van der Waals surface area contributed by atoms with Crippen molar-refractivity contribution >= 4 is 22.6 Å². The van der Waals surface area contributed by atoms with E-state index < -0.39 is 11.0 Å². The van der Waals surface area contributed by atoms with Gasteiger partial charge < -0.3 is 9.30 Å². The lowest BCUT2D eigenvalue weighted by molar-refractivity contribution is -0.108. The van der Waals surface area contributed by atoms with Crippen LogP contribution in [0.3, 0.4) is 0 Å². The molecule has 0 radical (unpaired) electrons. The highest BCUT2D eigenvalue weighted by Crippen LogP contribution is 2.28. The summed E-state index contributed by atoms with van der Waals surface area (Å²) in [6, 6.07) is 11.4. The predicted octanol–water partition coefficient (Wildman–Crippen LogP) is 3.61. The molecule has 5 heteroatoms. The van der Waals surface area contributed by atoms with E-state index in [9.17, 15) is 9.59 Å². The highest BCUT2D eigenvalue weighted by molar-refractivity contribution is 6.83. The fourth-order valence-electron chi connectivity index (χ4n) is 2.43. The molecule has 0 aliphatic heterocycles. The number of aromatic nitrogens is 1. The van der Waals surface area contributed by atoms with E-state index in [4.69, 9.17) is 16.3 Å². The molecule has 120 valence electrons. The molecule has 2 aromatic rings. The van der Waals surface area contributed by atoms with Gasteiger partial charge in [0.15, 0.2) is 0 Å². The number of allylic oxidation sites excluding steroid dienone is 1. The van der Waals surface area contributed by atoms with Crippen molar-refractivity contribution in [2.75, 3.05) is 13.7 Å². The van der Waals surface area contributed by atoms with Gasteiger partial charge in [0.05, 0.1) is 6.61 Å². The molecule has 0 saturated carbocycles. The van der Waals surface area contributed by atoms with Crippen LogP contribution in [-0.4, -0.2) is 29.3 Å². The van der Waals surface area contributed by atoms with Crippen LogP contribution in [-0.2, 0) is 16.1 Å². The summed E-state index contributed by atoms with van der Waals surface area (Å²) in [5.41, 5.74) is 2.78. The minimum atomic E-state index is -0.984.